The molecule has 0 aliphatic carbocycles. The lowest BCUT2D eigenvalue weighted by atomic mass is 10.1. The average molecular weight is 507 g/mol. The highest BCUT2D eigenvalue weighted by Gasteiger charge is 2.30. The van der Waals surface area contributed by atoms with Crippen LogP contribution in [0, 0.1) is 0 Å². The van der Waals surface area contributed by atoms with Gasteiger partial charge in [0.05, 0.1) is 23.4 Å². The molecule has 1 amide bonds. The highest BCUT2D eigenvalue weighted by molar-refractivity contribution is 6.30. The number of carbonyl (C=O) groups excluding carboxylic acids is 1. The number of aromatic nitrogens is 2. The molecule has 0 unspecified atom stereocenters. The summed E-state index contributed by atoms with van der Waals surface area (Å²) in [7, 11) is 1.33. The summed E-state index contributed by atoms with van der Waals surface area (Å²) in [5, 5.41) is 3.55. The van der Waals surface area contributed by atoms with Gasteiger partial charge in [-0.1, -0.05) is 23.7 Å². The average Bonchev–Trinajstić information content (AvgIpc) is 2.84. The molecular formula is C24H22ClF3N4O3. The van der Waals surface area contributed by atoms with E-state index in [1.165, 1.54) is 19.2 Å². The Kier molecular flexibility index (Phi) is 7.02. The Morgan fingerprint density at radius 3 is 2.46 bits per heavy atom. The van der Waals surface area contributed by atoms with Crippen LogP contribution in [0.3, 0.4) is 0 Å². The van der Waals surface area contributed by atoms with Crippen LogP contribution >= 0.6 is 11.6 Å². The van der Waals surface area contributed by atoms with Gasteiger partial charge in [0, 0.05) is 30.1 Å². The predicted molar refractivity (Wildman–Crippen MR) is 125 cm³/mol. The minimum atomic E-state index is -4.38. The summed E-state index contributed by atoms with van der Waals surface area (Å²) in [5.74, 6) is -0.0185. The number of hydrogen-bond donors (Lipinski definition) is 1. The minimum absolute atomic E-state index is 0.0951. The molecule has 1 N–H and O–H groups in total. The summed E-state index contributed by atoms with van der Waals surface area (Å²) in [5.41, 5.74) is 0.977. The third-order valence-electron chi connectivity index (χ3n) is 5.73. The van der Waals surface area contributed by atoms with E-state index in [9.17, 15) is 22.8 Å². The molecule has 7 nitrogen and oxygen atoms in total. The number of amides is 1. The van der Waals surface area contributed by atoms with Gasteiger partial charge in [-0.25, -0.2) is 4.98 Å². The summed E-state index contributed by atoms with van der Waals surface area (Å²) in [4.78, 5) is 37.3. The lowest BCUT2D eigenvalue weighted by Gasteiger charge is -2.28. The number of carbonyl (C=O) groups is 1. The third kappa shape index (κ3) is 5.43. The molecule has 2 heterocycles. The van der Waals surface area contributed by atoms with E-state index in [1.54, 1.807) is 29.2 Å². The normalized spacial score (nSPS) is 13.3. The summed E-state index contributed by atoms with van der Waals surface area (Å²) in [6.07, 6.45) is -3.58. The molecule has 11 heteroatoms. The van der Waals surface area contributed by atoms with E-state index in [0.717, 1.165) is 16.9 Å². The van der Waals surface area contributed by atoms with Crippen LogP contribution in [0.2, 0.25) is 5.02 Å². The molecule has 4 rings (SSSR count). The maximum atomic E-state index is 13.1. The quantitative estimate of drug-likeness (QED) is 0.550. The van der Waals surface area contributed by atoms with Gasteiger partial charge in [0.1, 0.15) is 7.11 Å². The van der Waals surface area contributed by atoms with Crippen LogP contribution < -0.4 is 15.7 Å². The molecule has 0 fully saturated rings. The van der Waals surface area contributed by atoms with Gasteiger partial charge in [0.25, 0.3) is 11.5 Å². The molecule has 1 aromatic heterocycles. The minimum Gasteiger partial charge on any atom is -0.411 e. The van der Waals surface area contributed by atoms with Crippen molar-refractivity contribution in [3.05, 3.63) is 91.9 Å². The van der Waals surface area contributed by atoms with Crippen molar-refractivity contribution in [2.75, 3.05) is 25.5 Å². The Morgan fingerprint density at radius 2 is 1.83 bits per heavy atom. The zero-order chi connectivity index (χ0) is 25.2. The standard InChI is InChI=1S/C24H22ClF3N4O3/c1-35-32-22(34)19-14-31(21(33)16-4-8-18(25)9-5-16)13-11-20(19)30-23(32)29-12-10-15-2-6-17(7-3-15)24(26,27)28/h2-9H,10-14H2,1H3,(H,29,30). The van der Waals surface area contributed by atoms with Crippen molar-refractivity contribution in [1.82, 2.24) is 14.6 Å². The van der Waals surface area contributed by atoms with Crippen molar-refractivity contribution in [2.24, 2.45) is 0 Å². The number of alkyl halides is 3. The second-order valence-electron chi connectivity index (χ2n) is 8.00. The number of halogens is 4. The van der Waals surface area contributed by atoms with Crippen molar-refractivity contribution in [3.63, 3.8) is 0 Å². The van der Waals surface area contributed by atoms with Crippen LogP contribution in [0.5, 0.6) is 0 Å². The summed E-state index contributed by atoms with van der Waals surface area (Å²) < 4.78 is 39.2. The van der Waals surface area contributed by atoms with Gasteiger partial charge in [0.2, 0.25) is 5.95 Å². The molecule has 35 heavy (non-hydrogen) atoms. The summed E-state index contributed by atoms with van der Waals surface area (Å²) in [6.45, 7) is 0.807. The van der Waals surface area contributed by atoms with E-state index < -0.39 is 17.3 Å². The third-order valence-corrected chi connectivity index (χ3v) is 5.98. The first-order valence-electron chi connectivity index (χ1n) is 10.8. The molecule has 2 aromatic carbocycles. The summed E-state index contributed by atoms with van der Waals surface area (Å²) in [6, 6.07) is 11.4. The monoisotopic (exact) mass is 506 g/mol. The molecule has 1 aliphatic heterocycles. The molecule has 0 spiro atoms. The Balaban J connectivity index is 1.46. The van der Waals surface area contributed by atoms with E-state index in [1.807, 2.05) is 0 Å². The molecular weight excluding hydrogens is 485 g/mol. The molecule has 184 valence electrons. The SMILES string of the molecule is COn1c(NCCc2ccc(C(F)(F)F)cc2)nc2c(c1=O)CN(C(=O)c1ccc(Cl)cc1)CC2. The largest absolute Gasteiger partial charge is 0.416 e. The van der Waals surface area contributed by atoms with E-state index in [0.29, 0.717) is 53.3 Å². The van der Waals surface area contributed by atoms with Gasteiger partial charge in [-0.05, 0) is 48.4 Å². The van der Waals surface area contributed by atoms with E-state index in [-0.39, 0.29) is 18.4 Å². The fraction of sp³-hybridized carbons (Fsp3) is 0.292. The smallest absolute Gasteiger partial charge is 0.411 e. The number of rotatable bonds is 6. The molecule has 0 saturated carbocycles. The number of fused-ring (bicyclic) bond motifs is 1. The molecule has 0 bridgehead atoms. The highest BCUT2D eigenvalue weighted by atomic mass is 35.5. The molecule has 1 aliphatic rings. The van der Waals surface area contributed by atoms with Crippen LogP contribution in [0.15, 0.2) is 53.3 Å². The van der Waals surface area contributed by atoms with Crippen LogP contribution in [0.25, 0.3) is 0 Å². The first kappa shape index (κ1) is 24.6. The Morgan fingerprint density at radius 1 is 1.14 bits per heavy atom. The molecule has 0 radical (unpaired) electrons. The Bertz CT molecular complexity index is 1280. The first-order valence-corrected chi connectivity index (χ1v) is 11.2. The number of nitrogens with one attached hydrogen (secondary N) is 1. The van der Waals surface area contributed by atoms with Crippen LogP contribution in [0.1, 0.15) is 32.7 Å². The van der Waals surface area contributed by atoms with Crippen molar-refractivity contribution in [2.45, 2.75) is 25.6 Å². The van der Waals surface area contributed by atoms with Crippen LogP contribution in [-0.2, 0) is 25.6 Å². The molecule has 3 aromatic rings. The lowest BCUT2D eigenvalue weighted by Crippen LogP contribution is -2.42. The van der Waals surface area contributed by atoms with Crippen LogP contribution in [-0.4, -0.2) is 40.7 Å². The number of anilines is 1. The Hall–Kier alpha value is -3.53. The van der Waals surface area contributed by atoms with Crippen molar-refractivity contribution >= 4 is 23.5 Å². The molecule has 0 saturated heterocycles. The van der Waals surface area contributed by atoms with Gasteiger partial charge in [-0.2, -0.15) is 13.2 Å². The van der Waals surface area contributed by atoms with Gasteiger partial charge < -0.3 is 15.1 Å². The highest BCUT2D eigenvalue weighted by Crippen LogP contribution is 2.29. The predicted octanol–water partition coefficient (Wildman–Crippen LogP) is 3.83. The van der Waals surface area contributed by atoms with Gasteiger partial charge in [-0.15, -0.1) is 4.73 Å². The van der Waals surface area contributed by atoms with Gasteiger partial charge in [0.15, 0.2) is 0 Å². The van der Waals surface area contributed by atoms with Crippen molar-refractivity contribution < 1.29 is 22.8 Å². The molecule has 0 atom stereocenters. The maximum absolute atomic E-state index is 13.1. The van der Waals surface area contributed by atoms with Gasteiger partial charge >= 0.3 is 6.18 Å². The lowest BCUT2D eigenvalue weighted by molar-refractivity contribution is -0.137. The maximum Gasteiger partial charge on any atom is 0.416 e. The summed E-state index contributed by atoms with van der Waals surface area (Å²) >= 11 is 5.89. The fourth-order valence-corrected chi connectivity index (χ4v) is 3.99. The van der Waals surface area contributed by atoms with Crippen molar-refractivity contribution in [1.29, 1.82) is 0 Å². The van der Waals surface area contributed by atoms with E-state index >= 15 is 0 Å². The first-order chi connectivity index (χ1) is 16.7. The Labute approximate surface area is 204 Å². The zero-order valence-corrected chi connectivity index (χ0v) is 19.5. The number of nitrogens with zero attached hydrogens (tertiary/aromatic N) is 3. The van der Waals surface area contributed by atoms with Crippen LogP contribution in [0.4, 0.5) is 19.1 Å². The van der Waals surface area contributed by atoms with Crippen molar-refractivity contribution in [3.8, 4) is 0 Å². The zero-order valence-electron chi connectivity index (χ0n) is 18.7. The number of hydrogen-bond acceptors (Lipinski definition) is 5. The topological polar surface area (TPSA) is 76.5 Å². The number of benzene rings is 2. The second kappa shape index (κ2) is 9.99. The fourth-order valence-electron chi connectivity index (χ4n) is 3.87. The van der Waals surface area contributed by atoms with E-state index in [4.69, 9.17) is 16.4 Å². The second-order valence-corrected chi connectivity index (χ2v) is 8.43. The van der Waals surface area contributed by atoms with Gasteiger partial charge in [-0.3, -0.25) is 9.59 Å². The van der Waals surface area contributed by atoms with E-state index in [2.05, 4.69) is 10.3 Å².